The molecule has 0 bridgehead atoms. The number of aryl methyl sites for hydroxylation is 1. The van der Waals surface area contributed by atoms with Gasteiger partial charge in [-0.25, -0.2) is 0 Å². The van der Waals surface area contributed by atoms with Gasteiger partial charge in [0.15, 0.2) is 5.82 Å². The Hall–Kier alpha value is -1.73. The fourth-order valence-corrected chi connectivity index (χ4v) is 2.39. The third-order valence-corrected chi connectivity index (χ3v) is 3.70. The largest absolute Gasteiger partial charge is 0.384 e. The summed E-state index contributed by atoms with van der Waals surface area (Å²) in [6, 6.07) is 3.40. The molecule has 1 N–H and O–H groups in total. The Balaban J connectivity index is 1.95. The molecule has 0 radical (unpaired) electrons. The number of carbonyl (C=O) groups is 1. The van der Waals surface area contributed by atoms with Gasteiger partial charge in [-0.1, -0.05) is 5.16 Å². The minimum absolute atomic E-state index is 0.132. The minimum Gasteiger partial charge on any atom is -0.384 e. The minimum atomic E-state index is -0.325. The van der Waals surface area contributed by atoms with E-state index in [1.807, 2.05) is 19.9 Å². The zero-order valence-corrected chi connectivity index (χ0v) is 12.5. The Bertz CT molecular complexity index is 579. The zero-order chi connectivity index (χ0) is 14.5. The number of nitrogens with one attached hydrogen (secondary N) is 1. The van der Waals surface area contributed by atoms with Crippen LogP contribution < -0.4 is 5.32 Å². The Morgan fingerprint density at radius 2 is 2.35 bits per heavy atom. The summed E-state index contributed by atoms with van der Waals surface area (Å²) in [4.78, 5) is 18.0. The van der Waals surface area contributed by atoms with Crippen LogP contribution in [0.4, 0.5) is 0 Å². The van der Waals surface area contributed by atoms with Gasteiger partial charge in [-0.3, -0.25) is 4.79 Å². The van der Waals surface area contributed by atoms with E-state index >= 15 is 0 Å². The van der Waals surface area contributed by atoms with Crippen molar-refractivity contribution in [2.75, 3.05) is 13.7 Å². The lowest BCUT2D eigenvalue weighted by molar-refractivity contribution is 0.0936. The molecule has 108 valence electrons. The van der Waals surface area contributed by atoms with Crippen LogP contribution in [0.15, 0.2) is 16.7 Å². The van der Waals surface area contributed by atoms with Gasteiger partial charge in [0.2, 0.25) is 5.89 Å². The van der Waals surface area contributed by atoms with E-state index in [2.05, 4.69) is 15.5 Å². The summed E-state index contributed by atoms with van der Waals surface area (Å²) in [7, 11) is 1.62. The van der Waals surface area contributed by atoms with Crippen molar-refractivity contribution in [3.63, 3.8) is 0 Å². The molecule has 0 aromatic carbocycles. The molecule has 20 heavy (non-hydrogen) atoms. The molecule has 0 saturated heterocycles. The van der Waals surface area contributed by atoms with Crippen molar-refractivity contribution >= 4 is 17.2 Å². The molecule has 0 spiro atoms. The van der Waals surface area contributed by atoms with Gasteiger partial charge in [-0.05, 0) is 26.0 Å². The van der Waals surface area contributed by atoms with Crippen molar-refractivity contribution in [2.24, 2.45) is 0 Å². The number of ether oxygens (including phenoxy) is 1. The summed E-state index contributed by atoms with van der Waals surface area (Å²) in [5, 5.41) is 6.68. The highest BCUT2D eigenvalue weighted by molar-refractivity contribution is 7.13. The zero-order valence-electron chi connectivity index (χ0n) is 11.7. The monoisotopic (exact) mass is 295 g/mol. The summed E-state index contributed by atoms with van der Waals surface area (Å²) >= 11 is 1.45. The van der Waals surface area contributed by atoms with Gasteiger partial charge in [0, 0.05) is 18.4 Å². The van der Waals surface area contributed by atoms with E-state index < -0.39 is 0 Å². The maximum Gasteiger partial charge on any atom is 0.261 e. The second kappa shape index (κ2) is 6.62. The van der Waals surface area contributed by atoms with Crippen molar-refractivity contribution < 1.29 is 14.1 Å². The van der Waals surface area contributed by atoms with E-state index in [1.54, 1.807) is 13.2 Å². The normalized spacial score (nSPS) is 12.3. The van der Waals surface area contributed by atoms with Crippen LogP contribution in [-0.2, 0) is 11.2 Å². The third kappa shape index (κ3) is 3.64. The molecule has 1 atom stereocenters. The SMILES string of the molecule is COCCc1noc([C@@H](C)NC(=O)c2ccc(C)s2)n1. The molecular formula is C13H17N3O3S. The molecule has 7 heteroatoms. The van der Waals surface area contributed by atoms with Gasteiger partial charge >= 0.3 is 0 Å². The number of amides is 1. The average Bonchev–Trinajstić information content (AvgIpc) is 3.05. The maximum absolute atomic E-state index is 12.0. The molecule has 0 aliphatic carbocycles. The molecule has 2 heterocycles. The molecule has 0 aliphatic rings. The van der Waals surface area contributed by atoms with Crippen molar-refractivity contribution in [3.05, 3.63) is 33.6 Å². The molecule has 6 nitrogen and oxygen atoms in total. The van der Waals surface area contributed by atoms with Gasteiger partial charge in [-0.2, -0.15) is 4.98 Å². The highest BCUT2D eigenvalue weighted by Gasteiger charge is 2.18. The lowest BCUT2D eigenvalue weighted by Gasteiger charge is -2.08. The number of nitrogens with zero attached hydrogens (tertiary/aromatic N) is 2. The highest BCUT2D eigenvalue weighted by atomic mass is 32.1. The quantitative estimate of drug-likeness (QED) is 0.883. The lowest BCUT2D eigenvalue weighted by Crippen LogP contribution is -2.26. The second-order valence-corrected chi connectivity index (χ2v) is 5.68. The standard InChI is InChI=1S/C13H17N3O3S/c1-8-4-5-10(20-8)12(17)14-9(2)13-15-11(16-19-13)6-7-18-3/h4-5,9H,6-7H2,1-3H3,(H,14,17)/t9-/m1/s1. The van der Waals surface area contributed by atoms with Crippen LogP contribution in [0.3, 0.4) is 0 Å². The first-order valence-corrected chi connectivity index (χ1v) is 7.10. The fraction of sp³-hybridized carbons (Fsp3) is 0.462. The summed E-state index contributed by atoms with van der Waals surface area (Å²) in [6.45, 7) is 4.31. The number of hydrogen-bond acceptors (Lipinski definition) is 6. The number of rotatable bonds is 6. The predicted molar refractivity (Wildman–Crippen MR) is 74.8 cm³/mol. The summed E-state index contributed by atoms with van der Waals surface area (Å²) < 4.78 is 10.1. The second-order valence-electron chi connectivity index (χ2n) is 4.40. The summed E-state index contributed by atoms with van der Waals surface area (Å²) in [6.07, 6.45) is 0.588. The Morgan fingerprint density at radius 3 is 3.00 bits per heavy atom. The van der Waals surface area contributed by atoms with Crippen molar-refractivity contribution in [3.8, 4) is 0 Å². The van der Waals surface area contributed by atoms with Gasteiger partial charge in [0.05, 0.1) is 11.5 Å². The number of aromatic nitrogens is 2. The van der Waals surface area contributed by atoms with Gasteiger partial charge < -0.3 is 14.6 Å². The number of thiophene rings is 1. The van der Waals surface area contributed by atoms with Crippen molar-refractivity contribution in [1.29, 1.82) is 0 Å². The van der Waals surface area contributed by atoms with Gasteiger partial charge in [0.1, 0.15) is 6.04 Å². The number of carbonyl (C=O) groups excluding carboxylic acids is 1. The van der Waals surface area contributed by atoms with E-state index in [0.29, 0.717) is 29.6 Å². The topological polar surface area (TPSA) is 77.3 Å². The first kappa shape index (κ1) is 14.7. The highest BCUT2D eigenvalue weighted by Crippen LogP contribution is 2.17. The fourth-order valence-electron chi connectivity index (χ4n) is 1.62. The van der Waals surface area contributed by atoms with Crippen molar-refractivity contribution in [2.45, 2.75) is 26.3 Å². The van der Waals surface area contributed by atoms with E-state index in [9.17, 15) is 4.79 Å². The predicted octanol–water partition coefficient (Wildman–Crippen LogP) is 2.12. The first-order chi connectivity index (χ1) is 9.60. The van der Waals surface area contributed by atoms with E-state index in [0.717, 1.165) is 4.88 Å². The molecule has 2 aromatic rings. The summed E-state index contributed by atoms with van der Waals surface area (Å²) in [5.41, 5.74) is 0. The van der Waals surface area contributed by atoms with Crippen LogP contribution in [0, 0.1) is 6.92 Å². The van der Waals surface area contributed by atoms with E-state index in [4.69, 9.17) is 9.26 Å². The molecule has 1 amide bonds. The molecule has 2 rings (SSSR count). The van der Waals surface area contributed by atoms with Gasteiger partial charge in [0.25, 0.3) is 5.91 Å². The Morgan fingerprint density at radius 1 is 1.55 bits per heavy atom. The van der Waals surface area contributed by atoms with E-state index in [1.165, 1.54) is 11.3 Å². The Labute approximate surface area is 121 Å². The van der Waals surface area contributed by atoms with Crippen LogP contribution in [0.1, 0.15) is 39.2 Å². The van der Waals surface area contributed by atoms with Crippen molar-refractivity contribution in [1.82, 2.24) is 15.5 Å². The number of hydrogen-bond donors (Lipinski definition) is 1. The van der Waals surface area contributed by atoms with Crippen LogP contribution in [0.5, 0.6) is 0 Å². The molecule has 0 fully saturated rings. The Kier molecular flexibility index (Phi) is 4.86. The number of methoxy groups -OCH3 is 1. The van der Waals surface area contributed by atoms with Crippen LogP contribution in [0.2, 0.25) is 0 Å². The first-order valence-electron chi connectivity index (χ1n) is 6.29. The van der Waals surface area contributed by atoms with Crippen LogP contribution in [0.25, 0.3) is 0 Å². The third-order valence-electron chi connectivity index (χ3n) is 2.70. The van der Waals surface area contributed by atoms with Gasteiger partial charge in [-0.15, -0.1) is 11.3 Å². The molecule has 0 aliphatic heterocycles. The smallest absolute Gasteiger partial charge is 0.261 e. The van der Waals surface area contributed by atoms with Crippen LogP contribution in [-0.4, -0.2) is 29.8 Å². The van der Waals surface area contributed by atoms with E-state index in [-0.39, 0.29) is 11.9 Å². The molecule has 2 aromatic heterocycles. The average molecular weight is 295 g/mol. The maximum atomic E-state index is 12.0. The van der Waals surface area contributed by atoms with Crippen LogP contribution >= 0.6 is 11.3 Å². The lowest BCUT2D eigenvalue weighted by atomic mass is 10.3. The molecular weight excluding hydrogens is 278 g/mol. The molecule has 0 unspecified atom stereocenters. The molecule has 0 saturated carbocycles. The summed E-state index contributed by atoms with van der Waals surface area (Å²) in [5.74, 6) is 0.847.